The summed E-state index contributed by atoms with van der Waals surface area (Å²) in [5.74, 6) is 0.276. The maximum Gasteiger partial charge on any atom is 0.131 e. The predicted octanol–water partition coefficient (Wildman–Crippen LogP) is 4.36. The van der Waals surface area contributed by atoms with Crippen LogP contribution >= 0.6 is 0 Å². The summed E-state index contributed by atoms with van der Waals surface area (Å²) in [5.41, 5.74) is 1.89. The zero-order chi connectivity index (χ0) is 21.0. The molecule has 162 valence electrons. The summed E-state index contributed by atoms with van der Waals surface area (Å²) in [6, 6.07) is 13.2. The predicted molar refractivity (Wildman–Crippen MR) is 116 cm³/mol. The van der Waals surface area contributed by atoms with Gasteiger partial charge in [-0.25, -0.2) is 4.39 Å². The molecule has 1 saturated heterocycles. The van der Waals surface area contributed by atoms with Crippen LogP contribution in [0.4, 0.5) is 4.39 Å². The molecule has 4 nitrogen and oxygen atoms in total. The lowest BCUT2D eigenvalue weighted by molar-refractivity contribution is -0.129. The van der Waals surface area contributed by atoms with E-state index in [-0.39, 0.29) is 5.82 Å². The molecule has 2 fully saturated rings. The molecular formula is C25H32FNO3. The van der Waals surface area contributed by atoms with E-state index in [0.717, 1.165) is 24.9 Å². The lowest BCUT2D eigenvalue weighted by Crippen LogP contribution is -2.51. The molecule has 1 aliphatic heterocycles. The van der Waals surface area contributed by atoms with Gasteiger partial charge in [0.25, 0.3) is 0 Å². The van der Waals surface area contributed by atoms with Gasteiger partial charge in [-0.15, -0.1) is 0 Å². The number of unbranched alkanes of at least 4 members (excludes halogenated alkanes) is 1. The molecule has 1 heterocycles. The van der Waals surface area contributed by atoms with Crippen LogP contribution in [0, 0.1) is 5.82 Å². The van der Waals surface area contributed by atoms with Crippen molar-refractivity contribution < 1.29 is 19.0 Å². The van der Waals surface area contributed by atoms with E-state index in [9.17, 15) is 5.11 Å². The van der Waals surface area contributed by atoms with Gasteiger partial charge in [0.05, 0.1) is 6.61 Å². The third kappa shape index (κ3) is 4.59. The fourth-order valence-corrected chi connectivity index (χ4v) is 4.53. The van der Waals surface area contributed by atoms with E-state index in [4.69, 9.17) is 9.47 Å². The normalized spacial score (nSPS) is 21.4. The zero-order valence-electron chi connectivity index (χ0n) is 17.7. The fraction of sp³-hybridized carbons (Fsp3) is 0.520. The number of methoxy groups -OCH3 is 1. The Balaban J connectivity index is 1.74. The second-order valence-corrected chi connectivity index (χ2v) is 8.50. The van der Waals surface area contributed by atoms with Gasteiger partial charge in [-0.05, 0) is 60.8 Å². The molecule has 1 aliphatic carbocycles. The van der Waals surface area contributed by atoms with E-state index in [2.05, 4.69) is 17.4 Å². The summed E-state index contributed by atoms with van der Waals surface area (Å²) < 4.78 is 26.4. The van der Waals surface area contributed by atoms with Crippen molar-refractivity contribution in [3.63, 3.8) is 0 Å². The lowest BCUT2D eigenvalue weighted by atomic mass is 9.78. The number of aliphatic hydroxyl groups is 1. The van der Waals surface area contributed by atoms with E-state index in [1.807, 2.05) is 18.2 Å². The molecule has 2 aromatic carbocycles. The number of hydrogen-bond donors (Lipinski definition) is 2. The van der Waals surface area contributed by atoms with E-state index in [1.54, 1.807) is 13.2 Å². The van der Waals surface area contributed by atoms with Crippen molar-refractivity contribution in [2.24, 2.45) is 0 Å². The second kappa shape index (κ2) is 9.56. The molecular weight excluding hydrogens is 381 g/mol. The number of benzene rings is 2. The molecule has 2 atom stereocenters. The maximum atomic E-state index is 15.2. The molecule has 4 rings (SSSR count). The summed E-state index contributed by atoms with van der Waals surface area (Å²) in [6.07, 6.45) is 4.04. The lowest BCUT2D eigenvalue weighted by Gasteiger charge is -2.40. The molecule has 1 saturated carbocycles. The number of morpholine rings is 1. The van der Waals surface area contributed by atoms with Crippen LogP contribution in [0.3, 0.4) is 0 Å². The molecule has 0 radical (unpaired) electrons. The minimum Gasteiger partial charge on any atom is -0.385 e. The Hall–Kier alpha value is -1.79. The minimum absolute atomic E-state index is 0.306. The largest absolute Gasteiger partial charge is 0.385 e. The van der Waals surface area contributed by atoms with Gasteiger partial charge in [0, 0.05) is 32.4 Å². The van der Waals surface area contributed by atoms with Crippen LogP contribution in [0.15, 0.2) is 42.5 Å². The van der Waals surface area contributed by atoms with Crippen LogP contribution < -0.4 is 5.32 Å². The number of ether oxygens (including phenoxy) is 2. The highest BCUT2D eigenvalue weighted by molar-refractivity contribution is 5.70. The maximum absolute atomic E-state index is 15.2. The van der Waals surface area contributed by atoms with E-state index in [1.165, 1.54) is 24.5 Å². The Morgan fingerprint density at radius 1 is 1.20 bits per heavy atom. The first-order chi connectivity index (χ1) is 14.6. The Bertz CT molecular complexity index is 848. The quantitative estimate of drug-likeness (QED) is 0.600. The van der Waals surface area contributed by atoms with Crippen molar-refractivity contribution in [1.29, 1.82) is 0 Å². The summed E-state index contributed by atoms with van der Waals surface area (Å²) in [5, 5.41) is 15.3. The summed E-state index contributed by atoms with van der Waals surface area (Å²) >= 11 is 0. The molecule has 0 amide bonds. The zero-order valence-corrected chi connectivity index (χ0v) is 17.7. The van der Waals surface area contributed by atoms with Crippen LogP contribution in [-0.4, -0.2) is 44.6 Å². The van der Waals surface area contributed by atoms with Gasteiger partial charge < -0.3 is 19.9 Å². The third-order valence-electron chi connectivity index (χ3n) is 6.32. The molecule has 1 unspecified atom stereocenters. The van der Waals surface area contributed by atoms with Crippen LogP contribution in [0.1, 0.15) is 49.1 Å². The minimum atomic E-state index is -1.28. The third-order valence-corrected chi connectivity index (χ3v) is 6.32. The number of rotatable bonds is 9. The van der Waals surface area contributed by atoms with E-state index < -0.39 is 11.7 Å². The van der Waals surface area contributed by atoms with Crippen molar-refractivity contribution >= 4 is 0 Å². The standard InChI is InChI=1S/C25H32FNO3/c1-29-14-3-2-12-25(28,23-17-27-13-15-30-23)21-8-5-9-22(26)24(21)20-7-4-6-19(16-20)18-10-11-18/h4-9,16,18,23,27-28H,2-3,10-15,17H2,1H3/t23-,25?/m1/s1. The van der Waals surface area contributed by atoms with E-state index >= 15 is 4.39 Å². The first-order valence-corrected chi connectivity index (χ1v) is 11.1. The van der Waals surface area contributed by atoms with Crippen LogP contribution in [0.25, 0.3) is 11.1 Å². The van der Waals surface area contributed by atoms with Crippen LogP contribution in [0.2, 0.25) is 0 Å². The van der Waals surface area contributed by atoms with Crippen LogP contribution in [0.5, 0.6) is 0 Å². The number of hydrogen-bond acceptors (Lipinski definition) is 4. The first-order valence-electron chi connectivity index (χ1n) is 11.1. The highest BCUT2D eigenvalue weighted by Crippen LogP contribution is 2.44. The Morgan fingerprint density at radius 3 is 2.77 bits per heavy atom. The highest BCUT2D eigenvalue weighted by Gasteiger charge is 2.42. The van der Waals surface area contributed by atoms with E-state index in [0.29, 0.717) is 43.2 Å². The number of halogens is 1. The molecule has 30 heavy (non-hydrogen) atoms. The topological polar surface area (TPSA) is 50.7 Å². The average Bonchev–Trinajstić information content (AvgIpc) is 3.63. The Labute approximate surface area is 178 Å². The van der Waals surface area contributed by atoms with Gasteiger partial charge in [-0.2, -0.15) is 0 Å². The molecule has 0 bridgehead atoms. The smallest absolute Gasteiger partial charge is 0.131 e. The molecule has 2 aromatic rings. The monoisotopic (exact) mass is 413 g/mol. The van der Waals surface area contributed by atoms with Gasteiger partial charge in [-0.1, -0.05) is 36.4 Å². The molecule has 0 spiro atoms. The van der Waals surface area contributed by atoms with Gasteiger partial charge in [-0.3, -0.25) is 0 Å². The summed E-state index contributed by atoms with van der Waals surface area (Å²) in [7, 11) is 1.68. The van der Waals surface area contributed by atoms with Crippen molar-refractivity contribution in [1.82, 2.24) is 5.32 Å². The van der Waals surface area contributed by atoms with Gasteiger partial charge in [0.1, 0.15) is 17.5 Å². The fourth-order valence-electron chi connectivity index (χ4n) is 4.53. The van der Waals surface area contributed by atoms with Gasteiger partial charge >= 0.3 is 0 Å². The average molecular weight is 414 g/mol. The van der Waals surface area contributed by atoms with Crippen molar-refractivity contribution in [3.05, 3.63) is 59.4 Å². The second-order valence-electron chi connectivity index (χ2n) is 8.50. The molecule has 2 N–H and O–H groups in total. The van der Waals surface area contributed by atoms with Crippen molar-refractivity contribution in [2.75, 3.05) is 33.4 Å². The Morgan fingerprint density at radius 2 is 2.03 bits per heavy atom. The molecule has 2 aliphatic rings. The van der Waals surface area contributed by atoms with Gasteiger partial charge in [0.15, 0.2) is 0 Å². The Kier molecular flexibility index (Phi) is 6.84. The number of nitrogens with one attached hydrogen (secondary N) is 1. The first kappa shape index (κ1) is 21.4. The van der Waals surface area contributed by atoms with Crippen molar-refractivity contribution in [2.45, 2.75) is 49.7 Å². The summed E-state index contributed by atoms with van der Waals surface area (Å²) in [6.45, 7) is 2.47. The highest BCUT2D eigenvalue weighted by atomic mass is 19.1. The summed E-state index contributed by atoms with van der Waals surface area (Å²) in [4.78, 5) is 0. The molecule has 0 aromatic heterocycles. The van der Waals surface area contributed by atoms with Crippen LogP contribution in [-0.2, 0) is 15.1 Å². The van der Waals surface area contributed by atoms with Gasteiger partial charge in [0.2, 0.25) is 0 Å². The SMILES string of the molecule is COCCCCC(O)(c1cccc(F)c1-c1cccc(C2CC2)c1)[C@H]1CNCCO1. The van der Waals surface area contributed by atoms with Crippen molar-refractivity contribution in [3.8, 4) is 11.1 Å². The molecule has 5 heteroatoms.